The van der Waals surface area contributed by atoms with Gasteiger partial charge < -0.3 is 5.32 Å². The molecule has 0 amide bonds. The number of hydrogen-bond acceptors (Lipinski definition) is 5. The van der Waals surface area contributed by atoms with Crippen LogP contribution in [0.3, 0.4) is 0 Å². The highest BCUT2D eigenvalue weighted by Gasteiger charge is 2.30. The van der Waals surface area contributed by atoms with Crippen LogP contribution in [0.25, 0.3) is 0 Å². The van der Waals surface area contributed by atoms with Crippen molar-refractivity contribution in [2.24, 2.45) is 0 Å². The standard InChI is InChI=1S/C20H19N3OS/c1-12-5-7-15(8-6-12)22-20-21-13(2)19-16(23-20)10-14(11-17(19)24)18-4-3-9-25-18/h3-9,14H,10-11H2,1-2H3,(H,21,22,23)/t14-/m0/s1. The Balaban J connectivity index is 1.66. The number of carbonyl (C=O) groups is 1. The highest BCUT2D eigenvalue weighted by molar-refractivity contribution is 7.10. The summed E-state index contributed by atoms with van der Waals surface area (Å²) in [6.45, 7) is 3.95. The Labute approximate surface area is 151 Å². The summed E-state index contributed by atoms with van der Waals surface area (Å²) in [7, 11) is 0. The lowest BCUT2D eigenvalue weighted by Gasteiger charge is -2.23. The van der Waals surface area contributed by atoms with Crippen LogP contribution in [0.4, 0.5) is 11.6 Å². The van der Waals surface area contributed by atoms with Gasteiger partial charge in [0.15, 0.2) is 5.78 Å². The van der Waals surface area contributed by atoms with Crippen LogP contribution in [0, 0.1) is 13.8 Å². The zero-order valence-corrected chi connectivity index (χ0v) is 15.1. The van der Waals surface area contributed by atoms with Crippen LogP contribution in [0.1, 0.15) is 44.5 Å². The topological polar surface area (TPSA) is 54.9 Å². The number of benzene rings is 1. The molecule has 1 atom stereocenters. The average molecular weight is 349 g/mol. The lowest BCUT2D eigenvalue weighted by Crippen LogP contribution is -2.22. The number of ketones is 1. The largest absolute Gasteiger partial charge is 0.324 e. The van der Waals surface area contributed by atoms with E-state index in [-0.39, 0.29) is 11.7 Å². The van der Waals surface area contributed by atoms with Crippen LogP contribution in [0.15, 0.2) is 41.8 Å². The summed E-state index contributed by atoms with van der Waals surface area (Å²) in [6, 6.07) is 12.2. The van der Waals surface area contributed by atoms with E-state index in [1.807, 2.05) is 37.3 Å². The Morgan fingerprint density at radius 3 is 2.60 bits per heavy atom. The Morgan fingerprint density at radius 2 is 1.88 bits per heavy atom. The van der Waals surface area contributed by atoms with Gasteiger partial charge in [0.25, 0.3) is 0 Å². The highest BCUT2D eigenvalue weighted by Crippen LogP contribution is 2.35. The second-order valence-corrected chi connectivity index (χ2v) is 7.47. The molecule has 0 saturated carbocycles. The minimum absolute atomic E-state index is 0.152. The number of thiophene rings is 1. The van der Waals surface area contributed by atoms with Crippen molar-refractivity contribution in [2.45, 2.75) is 32.6 Å². The van der Waals surface area contributed by atoms with Gasteiger partial charge in [-0.3, -0.25) is 4.79 Å². The molecule has 0 aliphatic heterocycles. The summed E-state index contributed by atoms with van der Waals surface area (Å²) >= 11 is 1.71. The van der Waals surface area contributed by atoms with Gasteiger partial charge in [0.05, 0.1) is 17.0 Å². The molecule has 126 valence electrons. The number of carbonyl (C=O) groups excluding carboxylic acids is 1. The zero-order valence-electron chi connectivity index (χ0n) is 14.2. The molecule has 0 saturated heterocycles. The molecule has 0 bridgehead atoms. The van der Waals surface area contributed by atoms with Crippen LogP contribution in [-0.2, 0) is 6.42 Å². The first kappa shape index (κ1) is 16.0. The number of Topliss-reactive ketones (excluding diaryl/α,β-unsaturated/α-hetero) is 1. The summed E-state index contributed by atoms with van der Waals surface area (Å²) in [5, 5.41) is 5.32. The normalized spacial score (nSPS) is 16.6. The quantitative estimate of drug-likeness (QED) is 0.737. The van der Waals surface area contributed by atoms with Crippen LogP contribution >= 0.6 is 11.3 Å². The molecule has 25 heavy (non-hydrogen) atoms. The smallest absolute Gasteiger partial charge is 0.227 e. The molecule has 3 aromatic rings. The molecular weight excluding hydrogens is 330 g/mol. The van der Waals surface area contributed by atoms with E-state index in [1.54, 1.807) is 11.3 Å². The molecule has 0 radical (unpaired) electrons. The van der Waals surface area contributed by atoms with E-state index in [4.69, 9.17) is 0 Å². The Bertz CT molecular complexity index is 917. The van der Waals surface area contributed by atoms with Crippen molar-refractivity contribution < 1.29 is 4.79 Å². The Hall–Kier alpha value is -2.53. The van der Waals surface area contributed by atoms with Crippen LogP contribution in [0.5, 0.6) is 0 Å². The maximum Gasteiger partial charge on any atom is 0.227 e. The van der Waals surface area contributed by atoms with Crippen molar-refractivity contribution in [3.8, 4) is 0 Å². The van der Waals surface area contributed by atoms with Crippen molar-refractivity contribution in [1.82, 2.24) is 9.97 Å². The average Bonchev–Trinajstić information content (AvgIpc) is 3.11. The van der Waals surface area contributed by atoms with Crippen molar-refractivity contribution in [3.05, 3.63) is 69.2 Å². The van der Waals surface area contributed by atoms with Crippen molar-refractivity contribution >= 4 is 28.8 Å². The highest BCUT2D eigenvalue weighted by atomic mass is 32.1. The second-order valence-electron chi connectivity index (χ2n) is 6.49. The zero-order chi connectivity index (χ0) is 17.4. The number of hydrogen-bond donors (Lipinski definition) is 1. The third kappa shape index (κ3) is 3.20. The van der Waals surface area contributed by atoms with E-state index in [0.717, 1.165) is 23.5 Å². The molecule has 0 spiro atoms. The van der Waals surface area contributed by atoms with Crippen LogP contribution in [0.2, 0.25) is 0 Å². The van der Waals surface area contributed by atoms with Crippen LogP contribution < -0.4 is 5.32 Å². The molecule has 4 rings (SSSR count). The summed E-state index contributed by atoms with van der Waals surface area (Å²) in [6.07, 6.45) is 1.33. The lowest BCUT2D eigenvalue weighted by atomic mass is 9.84. The second kappa shape index (κ2) is 6.41. The fraction of sp³-hybridized carbons (Fsp3) is 0.250. The Morgan fingerprint density at radius 1 is 1.08 bits per heavy atom. The summed E-state index contributed by atoms with van der Waals surface area (Å²) in [4.78, 5) is 23.0. The monoisotopic (exact) mass is 349 g/mol. The van der Waals surface area contributed by atoms with E-state index in [9.17, 15) is 4.79 Å². The molecule has 2 heterocycles. The third-order valence-electron chi connectivity index (χ3n) is 4.57. The minimum Gasteiger partial charge on any atom is -0.324 e. The molecule has 2 aromatic heterocycles. The predicted octanol–water partition coefficient (Wildman–Crippen LogP) is 4.81. The maximum atomic E-state index is 12.6. The molecule has 1 N–H and O–H groups in total. The lowest BCUT2D eigenvalue weighted by molar-refractivity contribution is 0.0962. The predicted molar refractivity (Wildman–Crippen MR) is 101 cm³/mol. The van der Waals surface area contributed by atoms with Gasteiger partial charge in [0, 0.05) is 22.9 Å². The minimum atomic E-state index is 0.152. The van der Waals surface area contributed by atoms with E-state index in [0.29, 0.717) is 17.9 Å². The van der Waals surface area contributed by atoms with E-state index >= 15 is 0 Å². The summed E-state index contributed by atoms with van der Waals surface area (Å²) in [5.74, 6) is 0.931. The molecule has 1 aliphatic rings. The van der Waals surface area contributed by atoms with Crippen molar-refractivity contribution in [3.63, 3.8) is 0 Å². The SMILES string of the molecule is Cc1ccc(Nc2nc(C)c3c(n2)C[C@H](c2cccs2)CC3=O)cc1. The van der Waals surface area contributed by atoms with Crippen molar-refractivity contribution in [2.75, 3.05) is 5.32 Å². The molecule has 5 heteroatoms. The van der Waals surface area contributed by atoms with E-state index < -0.39 is 0 Å². The van der Waals surface area contributed by atoms with Gasteiger partial charge in [-0.15, -0.1) is 11.3 Å². The van der Waals surface area contributed by atoms with Gasteiger partial charge in [-0.25, -0.2) is 9.97 Å². The van der Waals surface area contributed by atoms with Crippen molar-refractivity contribution in [1.29, 1.82) is 0 Å². The fourth-order valence-electron chi connectivity index (χ4n) is 3.32. The van der Waals surface area contributed by atoms with E-state index in [2.05, 4.69) is 33.7 Å². The summed E-state index contributed by atoms with van der Waals surface area (Å²) in [5.41, 5.74) is 4.48. The van der Waals surface area contributed by atoms with E-state index in [1.165, 1.54) is 10.4 Å². The van der Waals surface area contributed by atoms with Gasteiger partial charge in [-0.1, -0.05) is 23.8 Å². The first-order chi connectivity index (χ1) is 12.1. The molecule has 1 aromatic carbocycles. The first-order valence-corrected chi connectivity index (χ1v) is 9.26. The number of anilines is 2. The van der Waals surface area contributed by atoms with Gasteiger partial charge in [0.2, 0.25) is 5.95 Å². The fourth-order valence-corrected chi connectivity index (χ4v) is 4.15. The first-order valence-electron chi connectivity index (χ1n) is 8.38. The van der Waals surface area contributed by atoms with Gasteiger partial charge >= 0.3 is 0 Å². The number of aryl methyl sites for hydroxylation is 2. The third-order valence-corrected chi connectivity index (χ3v) is 5.60. The number of nitrogens with zero attached hydrogens (tertiary/aromatic N) is 2. The number of rotatable bonds is 3. The molecule has 4 nitrogen and oxygen atoms in total. The van der Waals surface area contributed by atoms with Gasteiger partial charge in [-0.05, 0) is 43.8 Å². The van der Waals surface area contributed by atoms with Gasteiger partial charge in [0.1, 0.15) is 0 Å². The molecule has 1 aliphatic carbocycles. The molecule has 0 fully saturated rings. The molecular formula is C20H19N3OS. The maximum absolute atomic E-state index is 12.6. The van der Waals surface area contributed by atoms with Gasteiger partial charge in [-0.2, -0.15) is 0 Å². The number of nitrogens with one attached hydrogen (secondary N) is 1. The number of fused-ring (bicyclic) bond motifs is 1. The summed E-state index contributed by atoms with van der Waals surface area (Å²) < 4.78 is 0. The van der Waals surface area contributed by atoms with Crippen LogP contribution in [-0.4, -0.2) is 15.8 Å². The molecule has 0 unspecified atom stereocenters. The Kier molecular flexibility index (Phi) is 4.09. The number of aromatic nitrogens is 2.